The van der Waals surface area contributed by atoms with Crippen molar-refractivity contribution in [1.82, 2.24) is 20.4 Å². The van der Waals surface area contributed by atoms with Crippen molar-refractivity contribution in [2.75, 3.05) is 7.05 Å². The predicted molar refractivity (Wildman–Crippen MR) is 97.8 cm³/mol. The number of benzene rings is 1. The summed E-state index contributed by atoms with van der Waals surface area (Å²) in [6, 6.07) is 11.4. The molecule has 0 bridgehead atoms. The normalized spacial score (nSPS) is 13.9. The number of aromatic nitrogens is 2. The van der Waals surface area contributed by atoms with Crippen molar-refractivity contribution in [2.24, 2.45) is 0 Å². The highest BCUT2D eigenvalue weighted by Crippen LogP contribution is 2.38. The third kappa shape index (κ3) is 4.43. The Morgan fingerprint density at radius 1 is 1.19 bits per heavy atom. The smallest absolute Gasteiger partial charge is 0.251 e. The molecule has 7 heteroatoms. The van der Waals surface area contributed by atoms with Crippen molar-refractivity contribution in [3.05, 3.63) is 71.3 Å². The molecule has 1 aromatic carbocycles. The SMILES string of the molecule is CNC(=O)c1ccc(CN(Cc2noc(C3CC3)n2)Cc2ccco2)cc1. The van der Waals surface area contributed by atoms with E-state index < -0.39 is 0 Å². The summed E-state index contributed by atoms with van der Waals surface area (Å²) in [7, 11) is 1.63. The van der Waals surface area contributed by atoms with Crippen LogP contribution in [0.15, 0.2) is 51.6 Å². The summed E-state index contributed by atoms with van der Waals surface area (Å²) in [5.74, 6) is 2.67. The Labute approximate surface area is 157 Å². The Balaban J connectivity index is 1.47. The van der Waals surface area contributed by atoms with Gasteiger partial charge in [-0.05, 0) is 42.7 Å². The summed E-state index contributed by atoms with van der Waals surface area (Å²) in [6.07, 6.45) is 3.94. The van der Waals surface area contributed by atoms with Crippen molar-refractivity contribution in [3.8, 4) is 0 Å². The molecule has 3 aromatic rings. The Morgan fingerprint density at radius 2 is 2.00 bits per heavy atom. The zero-order valence-corrected chi connectivity index (χ0v) is 15.2. The first-order chi connectivity index (χ1) is 13.2. The van der Waals surface area contributed by atoms with Crippen LogP contribution in [0.1, 0.15) is 52.2 Å². The van der Waals surface area contributed by atoms with Crippen molar-refractivity contribution in [3.63, 3.8) is 0 Å². The second-order valence-corrected chi connectivity index (χ2v) is 6.82. The zero-order valence-electron chi connectivity index (χ0n) is 15.2. The molecule has 4 rings (SSSR count). The monoisotopic (exact) mass is 366 g/mol. The van der Waals surface area contributed by atoms with E-state index in [9.17, 15) is 4.79 Å². The molecule has 2 aromatic heterocycles. The van der Waals surface area contributed by atoms with Gasteiger partial charge in [0.2, 0.25) is 5.89 Å². The second kappa shape index (κ2) is 7.75. The molecule has 0 radical (unpaired) electrons. The van der Waals surface area contributed by atoms with Gasteiger partial charge in [0.25, 0.3) is 5.91 Å². The molecule has 0 atom stereocenters. The number of furan rings is 1. The van der Waals surface area contributed by atoms with Crippen molar-refractivity contribution in [2.45, 2.75) is 38.4 Å². The second-order valence-electron chi connectivity index (χ2n) is 6.82. The van der Waals surface area contributed by atoms with E-state index in [1.54, 1.807) is 13.3 Å². The van der Waals surface area contributed by atoms with Crippen LogP contribution < -0.4 is 5.32 Å². The fourth-order valence-electron chi connectivity index (χ4n) is 2.98. The van der Waals surface area contributed by atoms with Gasteiger partial charge in [-0.25, -0.2) is 0 Å². The lowest BCUT2D eigenvalue weighted by molar-refractivity contribution is 0.0963. The fourth-order valence-corrected chi connectivity index (χ4v) is 2.98. The largest absolute Gasteiger partial charge is 0.468 e. The molecule has 1 N–H and O–H groups in total. The summed E-state index contributed by atoms with van der Waals surface area (Å²) in [4.78, 5) is 18.4. The highest BCUT2D eigenvalue weighted by Gasteiger charge is 2.29. The van der Waals surface area contributed by atoms with Gasteiger partial charge in [-0.3, -0.25) is 9.69 Å². The van der Waals surface area contributed by atoms with Gasteiger partial charge in [0.15, 0.2) is 5.82 Å². The lowest BCUT2D eigenvalue weighted by Crippen LogP contribution is -2.23. The highest BCUT2D eigenvalue weighted by molar-refractivity contribution is 5.93. The van der Waals surface area contributed by atoms with Gasteiger partial charge in [-0.1, -0.05) is 17.3 Å². The first-order valence-corrected chi connectivity index (χ1v) is 9.09. The Bertz CT molecular complexity index is 882. The quantitative estimate of drug-likeness (QED) is 0.659. The summed E-state index contributed by atoms with van der Waals surface area (Å²) in [6.45, 7) is 1.88. The first kappa shape index (κ1) is 17.5. The van der Waals surface area contributed by atoms with Crippen molar-refractivity contribution in [1.29, 1.82) is 0 Å². The van der Waals surface area contributed by atoms with Crippen LogP contribution in [0.3, 0.4) is 0 Å². The fraction of sp³-hybridized carbons (Fsp3) is 0.350. The van der Waals surface area contributed by atoms with Gasteiger partial charge in [0.1, 0.15) is 5.76 Å². The van der Waals surface area contributed by atoms with Gasteiger partial charge in [0, 0.05) is 25.1 Å². The molecule has 1 aliphatic carbocycles. The molecule has 27 heavy (non-hydrogen) atoms. The number of nitrogens with one attached hydrogen (secondary N) is 1. The maximum absolute atomic E-state index is 11.7. The lowest BCUT2D eigenvalue weighted by Gasteiger charge is -2.19. The average molecular weight is 366 g/mol. The molecular formula is C20H22N4O3. The van der Waals surface area contributed by atoms with E-state index >= 15 is 0 Å². The van der Waals surface area contributed by atoms with E-state index in [1.165, 1.54) is 0 Å². The van der Waals surface area contributed by atoms with Crippen LogP contribution in [-0.2, 0) is 19.6 Å². The van der Waals surface area contributed by atoms with E-state index in [4.69, 9.17) is 8.94 Å². The van der Waals surface area contributed by atoms with Gasteiger partial charge in [-0.2, -0.15) is 4.98 Å². The minimum absolute atomic E-state index is 0.0894. The van der Waals surface area contributed by atoms with Crippen LogP contribution in [0.5, 0.6) is 0 Å². The number of nitrogens with zero attached hydrogens (tertiary/aromatic N) is 3. The maximum Gasteiger partial charge on any atom is 0.251 e. The van der Waals surface area contributed by atoms with Crippen molar-refractivity contribution >= 4 is 5.91 Å². The molecule has 140 valence electrons. The van der Waals surface area contributed by atoms with E-state index in [2.05, 4.69) is 20.4 Å². The van der Waals surface area contributed by atoms with E-state index in [-0.39, 0.29) is 5.91 Å². The van der Waals surface area contributed by atoms with Gasteiger partial charge < -0.3 is 14.3 Å². The predicted octanol–water partition coefficient (Wildman–Crippen LogP) is 3.10. The van der Waals surface area contributed by atoms with Crippen LogP contribution in [0.4, 0.5) is 0 Å². The van der Waals surface area contributed by atoms with E-state index in [0.29, 0.717) is 36.9 Å². The van der Waals surface area contributed by atoms with E-state index in [0.717, 1.165) is 30.1 Å². The molecule has 7 nitrogen and oxygen atoms in total. The van der Waals surface area contributed by atoms with Crippen molar-refractivity contribution < 1.29 is 13.7 Å². The van der Waals surface area contributed by atoms with Crippen LogP contribution in [0.25, 0.3) is 0 Å². The zero-order chi connectivity index (χ0) is 18.6. The van der Waals surface area contributed by atoms with Crippen LogP contribution >= 0.6 is 0 Å². The molecule has 0 saturated heterocycles. The number of hydrogen-bond acceptors (Lipinski definition) is 6. The Hall–Kier alpha value is -2.93. The number of amides is 1. The highest BCUT2D eigenvalue weighted by atomic mass is 16.5. The molecule has 0 unspecified atom stereocenters. The van der Waals surface area contributed by atoms with E-state index in [1.807, 2.05) is 36.4 Å². The maximum atomic E-state index is 11.7. The molecule has 1 amide bonds. The Morgan fingerprint density at radius 3 is 2.67 bits per heavy atom. The van der Waals surface area contributed by atoms with Crippen LogP contribution in [-0.4, -0.2) is 28.0 Å². The standard InChI is InChI=1S/C20H22N4O3/c1-21-19(25)15-6-4-14(5-7-15)11-24(12-17-3-2-10-26-17)13-18-22-20(27-23-18)16-8-9-16/h2-7,10,16H,8-9,11-13H2,1H3,(H,21,25). The number of carbonyl (C=O) groups is 1. The molecular weight excluding hydrogens is 344 g/mol. The number of hydrogen-bond donors (Lipinski definition) is 1. The van der Waals surface area contributed by atoms with Gasteiger partial charge in [0.05, 0.1) is 19.4 Å². The third-order valence-electron chi connectivity index (χ3n) is 4.58. The average Bonchev–Trinajstić information content (AvgIpc) is 3.21. The topological polar surface area (TPSA) is 84.4 Å². The summed E-state index contributed by atoms with van der Waals surface area (Å²) < 4.78 is 10.9. The molecule has 2 heterocycles. The lowest BCUT2D eigenvalue weighted by atomic mass is 10.1. The third-order valence-corrected chi connectivity index (χ3v) is 4.58. The molecule has 1 saturated carbocycles. The number of carbonyl (C=O) groups excluding carboxylic acids is 1. The molecule has 1 fully saturated rings. The summed E-state index contributed by atoms with van der Waals surface area (Å²) in [5.41, 5.74) is 1.74. The molecule has 1 aliphatic rings. The van der Waals surface area contributed by atoms with Gasteiger partial charge in [-0.15, -0.1) is 0 Å². The number of rotatable bonds is 8. The molecule has 0 spiro atoms. The minimum Gasteiger partial charge on any atom is -0.468 e. The summed E-state index contributed by atoms with van der Waals surface area (Å²) in [5, 5.41) is 6.76. The van der Waals surface area contributed by atoms with Gasteiger partial charge >= 0.3 is 0 Å². The van der Waals surface area contributed by atoms with Crippen LogP contribution in [0.2, 0.25) is 0 Å². The Kier molecular flexibility index (Phi) is 5.02. The van der Waals surface area contributed by atoms with Crippen LogP contribution in [0, 0.1) is 0 Å². The minimum atomic E-state index is -0.0894. The first-order valence-electron chi connectivity index (χ1n) is 9.09. The summed E-state index contributed by atoms with van der Waals surface area (Å²) >= 11 is 0. The molecule has 0 aliphatic heterocycles.